The molecule has 12 rings (SSSR count). The number of nitrogens with zero attached hydrogens (tertiary/aromatic N) is 6. The van der Waals surface area contributed by atoms with Gasteiger partial charge >= 0.3 is 20.1 Å². The third-order valence-electron chi connectivity index (χ3n) is 11.3. The first kappa shape index (κ1) is 45.3. The molecule has 324 valence electrons. The molecule has 0 aliphatic rings. The molecule has 0 fully saturated rings. The number of para-hydroxylation sites is 1. The van der Waals surface area contributed by atoms with Crippen LogP contribution in [-0.4, -0.2) is 30.6 Å². The predicted octanol–water partition coefficient (Wildman–Crippen LogP) is 14.8. The van der Waals surface area contributed by atoms with Gasteiger partial charge in [-0.25, -0.2) is 21.5 Å². The van der Waals surface area contributed by atoms with Gasteiger partial charge in [0.1, 0.15) is 5.75 Å². The fourth-order valence-corrected chi connectivity index (χ4v) is 9.40. The summed E-state index contributed by atoms with van der Waals surface area (Å²) in [7, 11) is 0. The second kappa shape index (κ2) is 19.5. The molecule has 4 aromatic heterocycles. The van der Waals surface area contributed by atoms with Crippen LogP contribution in [0.2, 0.25) is 0 Å². The molecule has 0 atom stereocenters. The van der Waals surface area contributed by atoms with Gasteiger partial charge in [0.2, 0.25) is 5.88 Å². The van der Waals surface area contributed by atoms with Crippen LogP contribution in [0.5, 0.6) is 11.6 Å². The minimum Gasteiger partial charge on any atom is -0.437 e. The molecule has 12 aromatic rings. The van der Waals surface area contributed by atoms with Crippen molar-refractivity contribution in [3.8, 4) is 22.2 Å². The minimum absolute atomic E-state index is 0. The largest absolute Gasteiger partial charge is 3.00 e. The number of hydrogen-bond acceptors (Lipinski definition) is 10. The van der Waals surface area contributed by atoms with Gasteiger partial charge in [-0.2, -0.15) is 40.6 Å². The molecule has 0 unspecified atom stereocenters. The van der Waals surface area contributed by atoms with Crippen LogP contribution in [0, 0.1) is 33.1 Å². The molecule has 0 saturated carbocycles. The van der Waals surface area contributed by atoms with E-state index in [1.807, 2.05) is 62.4 Å². The van der Waals surface area contributed by atoms with E-state index < -0.39 is 0 Å². The molecule has 67 heavy (non-hydrogen) atoms. The summed E-state index contributed by atoms with van der Waals surface area (Å²) in [6.07, 6.45) is 3.48. The zero-order valence-electron chi connectivity index (χ0n) is 36.0. The summed E-state index contributed by atoms with van der Waals surface area (Å²) in [6, 6.07) is 55.2. The van der Waals surface area contributed by atoms with Crippen molar-refractivity contribution in [2.75, 3.05) is 0 Å². The van der Waals surface area contributed by atoms with E-state index in [0.717, 1.165) is 86.7 Å². The smallest absolute Gasteiger partial charge is 0.437 e. The minimum atomic E-state index is 0. The fraction of sp³-hybridized carbons (Fsp3) is 0.0357. The molecule has 0 spiro atoms. The van der Waals surface area contributed by atoms with Crippen LogP contribution in [0.15, 0.2) is 164 Å². The topological polar surface area (TPSA) is 86.6 Å². The molecule has 7 nitrogen and oxygen atoms in total. The SMILES string of the molecule is Cc1cccc(C)c1Oc1nnc(-c2[c-]c3ccccc3s2)c2cc3ccccc3cc12.[CH-]=C(S)c1nncc2cc3ccccc3cc12.[CH-]=C(S)c1nncc2cc3ccccc3cc12.[Ir+3]. The Hall–Kier alpha value is -6.85. The molecule has 0 radical (unpaired) electrons. The zero-order chi connectivity index (χ0) is 45.3. The van der Waals surface area contributed by atoms with Crippen molar-refractivity contribution in [2.45, 2.75) is 13.8 Å². The van der Waals surface area contributed by atoms with Gasteiger partial charge in [0, 0.05) is 11.1 Å². The van der Waals surface area contributed by atoms with E-state index in [4.69, 9.17) is 17.9 Å². The molecular weight excluding hydrogens is 1060 g/mol. The monoisotopic (exact) mass is 1100 g/mol. The first-order valence-electron chi connectivity index (χ1n) is 20.9. The second-order valence-corrected chi connectivity index (χ2v) is 17.7. The van der Waals surface area contributed by atoms with Gasteiger partial charge < -0.3 is 4.74 Å². The van der Waals surface area contributed by atoms with Crippen molar-refractivity contribution in [3.05, 3.63) is 206 Å². The quantitative estimate of drug-likeness (QED) is 0.101. The summed E-state index contributed by atoms with van der Waals surface area (Å²) in [5.74, 6) is 1.35. The van der Waals surface area contributed by atoms with E-state index in [1.54, 1.807) is 23.7 Å². The maximum atomic E-state index is 6.37. The second-order valence-electron chi connectivity index (χ2n) is 15.7. The van der Waals surface area contributed by atoms with E-state index in [2.05, 4.69) is 165 Å². The Morgan fingerprint density at radius 2 is 0.955 bits per heavy atom. The fourth-order valence-electron chi connectivity index (χ4n) is 8.06. The van der Waals surface area contributed by atoms with Crippen LogP contribution < -0.4 is 4.74 Å². The number of benzene rings is 8. The summed E-state index contributed by atoms with van der Waals surface area (Å²) >= 11 is 9.99. The Morgan fingerprint density at radius 3 is 1.45 bits per heavy atom. The van der Waals surface area contributed by atoms with Crippen LogP contribution in [0.4, 0.5) is 0 Å². The maximum absolute atomic E-state index is 6.37. The van der Waals surface area contributed by atoms with E-state index in [9.17, 15) is 0 Å². The maximum Gasteiger partial charge on any atom is 3.00 e. The Morgan fingerprint density at radius 1 is 0.507 bits per heavy atom. The molecule has 0 amide bonds. The van der Waals surface area contributed by atoms with Crippen LogP contribution in [0.25, 0.3) is 95.1 Å². The Labute approximate surface area is 415 Å². The molecule has 0 aliphatic heterocycles. The Bertz CT molecular complexity index is 3690. The average Bonchev–Trinajstić information content (AvgIpc) is 3.77. The number of thiophene rings is 1. The van der Waals surface area contributed by atoms with Crippen molar-refractivity contribution in [3.63, 3.8) is 0 Å². The van der Waals surface area contributed by atoms with E-state index >= 15 is 0 Å². The zero-order valence-corrected chi connectivity index (χ0v) is 41.0. The first-order chi connectivity index (χ1) is 32.2. The van der Waals surface area contributed by atoms with Gasteiger partial charge in [0.15, 0.2) is 0 Å². The summed E-state index contributed by atoms with van der Waals surface area (Å²) in [5.41, 5.74) is 4.25. The molecule has 0 N–H and O–H groups in total. The van der Waals surface area contributed by atoms with Crippen molar-refractivity contribution >= 4 is 121 Å². The Balaban J connectivity index is 0.000000136. The number of rotatable bonds is 5. The van der Waals surface area contributed by atoms with Gasteiger partial charge in [0.05, 0.1) is 12.4 Å². The number of aryl methyl sites for hydroxylation is 2. The molecule has 0 aliphatic carbocycles. The molecular formula is C56H37IrN6OS3. The normalized spacial score (nSPS) is 11.0. The van der Waals surface area contributed by atoms with Crippen molar-refractivity contribution < 1.29 is 24.8 Å². The number of thiol groups is 2. The summed E-state index contributed by atoms with van der Waals surface area (Å²) in [4.78, 5) is 1.76. The standard InChI is InChI=1S/C28H19N2OS.2C14H9N2S.Ir/c1-17-8-7-9-18(2)27(17)31-28-23-15-20-11-4-3-10-19(20)14-22(23)26(29-30-28)25-16-21-12-5-6-13-24(21)32-25;2*1-9(17)14-13-7-11-5-3-2-4-10(11)6-12(13)8-15-16-14;/h3-15H,1-2H3;2*1-8,17H;/q3*-1;+3. The van der Waals surface area contributed by atoms with Crippen LogP contribution in [0.3, 0.4) is 0 Å². The molecule has 0 bridgehead atoms. The summed E-state index contributed by atoms with van der Waals surface area (Å²) in [5, 5.41) is 39.1. The average molecular weight is 1100 g/mol. The predicted molar refractivity (Wildman–Crippen MR) is 280 cm³/mol. The van der Waals surface area contributed by atoms with Gasteiger partial charge in [-0.1, -0.05) is 132 Å². The van der Waals surface area contributed by atoms with E-state index in [0.29, 0.717) is 27.1 Å². The first-order valence-corrected chi connectivity index (χ1v) is 22.7. The molecule has 11 heteroatoms. The third-order valence-corrected chi connectivity index (χ3v) is 12.8. The number of hydrogen-bond donors (Lipinski definition) is 2. The number of aromatic nitrogens is 6. The molecule has 8 aromatic carbocycles. The van der Waals surface area contributed by atoms with Crippen molar-refractivity contribution in [1.82, 2.24) is 30.6 Å². The van der Waals surface area contributed by atoms with Gasteiger partial charge in [-0.15, -0.1) is 38.5 Å². The van der Waals surface area contributed by atoms with Gasteiger partial charge in [-0.3, -0.25) is 13.2 Å². The van der Waals surface area contributed by atoms with E-state index in [1.165, 1.54) is 15.5 Å². The van der Waals surface area contributed by atoms with Crippen LogP contribution >= 0.6 is 36.6 Å². The van der Waals surface area contributed by atoms with Gasteiger partial charge in [0.25, 0.3) is 0 Å². The summed E-state index contributed by atoms with van der Waals surface area (Å²) < 4.78 is 7.56. The van der Waals surface area contributed by atoms with Crippen molar-refractivity contribution in [2.24, 2.45) is 0 Å². The van der Waals surface area contributed by atoms with Crippen LogP contribution in [0.1, 0.15) is 22.5 Å². The Kier molecular flexibility index (Phi) is 13.2. The van der Waals surface area contributed by atoms with Crippen LogP contribution in [-0.2, 0) is 20.1 Å². The third kappa shape index (κ3) is 9.30. The summed E-state index contributed by atoms with van der Waals surface area (Å²) in [6.45, 7) is 15.5. The van der Waals surface area contributed by atoms with Crippen molar-refractivity contribution in [1.29, 1.82) is 0 Å². The molecule has 4 heterocycles. The number of fused-ring (bicyclic) bond motifs is 7. The van der Waals surface area contributed by atoms with Gasteiger partial charge in [-0.05, 0) is 113 Å². The van der Waals surface area contributed by atoms with E-state index in [-0.39, 0.29) is 20.1 Å². The number of ether oxygens (including phenoxy) is 1. The molecule has 0 saturated heterocycles.